The van der Waals surface area contributed by atoms with E-state index in [1.165, 1.54) is 19.3 Å². The molecule has 0 unspecified atom stereocenters. The SMILES string of the molecule is C/N=C1/CN(O)C(c2ccccc2)=c2cc(Cl)ccc2=N1.CCN(CC)c1nc(C)cc(OP(=S)(OC)OC)n1. The van der Waals surface area contributed by atoms with Crippen LogP contribution in [0.2, 0.25) is 5.02 Å². The van der Waals surface area contributed by atoms with Crippen LogP contribution in [0, 0.1) is 6.92 Å². The second-order valence-electron chi connectivity index (χ2n) is 8.41. The number of halogens is 1. The van der Waals surface area contributed by atoms with Gasteiger partial charge in [0.2, 0.25) is 11.8 Å². The van der Waals surface area contributed by atoms with Gasteiger partial charge in [0.1, 0.15) is 12.4 Å². The third-order valence-electron chi connectivity index (χ3n) is 5.84. The van der Waals surface area contributed by atoms with Crippen LogP contribution in [-0.4, -0.2) is 67.0 Å². The fourth-order valence-corrected chi connectivity index (χ4v) is 4.85. The minimum Gasteiger partial charge on any atom is -0.405 e. The fourth-order valence-electron chi connectivity index (χ4n) is 3.83. The summed E-state index contributed by atoms with van der Waals surface area (Å²) in [5, 5.41) is 13.8. The first kappa shape index (κ1) is 31.6. The van der Waals surface area contributed by atoms with Gasteiger partial charge in [0.25, 0.3) is 0 Å². The van der Waals surface area contributed by atoms with E-state index < -0.39 is 6.72 Å². The van der Waals surface area contributed by atoms with Gasteiger partial charge in [0, 0.05) is 73.7 Å². The number of benzene rings is 2. The second-order valence-corrected chi connectivity index (χ2v) is 12.0. The zero-order valence-corrected chi connectivity index (χ0v) is 25.9. The lowest BCUT2D eigenvalue weighted by Gasteiger charge is -2.21. The maximum Gasteiger partial charge on any atom is 0.381 e. The summed E-state index contributed by atoms with van der Waals surface area (Å²) < 4.78 is 15.7. The first-order valence-corrected chi connectivity index (χ1v) is 15.5. The molecule has 2 heterocycles. The molecule has 214 valence electrons. The zero-order valence-electron chi connectivity index (χ0n) is 23.4. The van der Waals surface area contributed by atoms with E-state index in [0.717, 1.165) is 34.9 Å². The van der Waals surface area contributed by atoms with Crippen LogP contribution in [0.3, 0.4) is 0 Å². The summed E-state index contributed by atoms with van der Waals surface area (Å²) in [6.07, 6.45) is 0. The Hall–Kier alpha value is -2.92. The molecular weight excluding hydrogens is 571 g/mol. The van der Waals surface area contributed by atoms with E-state index in [1.54, 1.807) is 19.2 Å². The van der Waals surface area contributed by atoms with Gasteiger partial charge in [-0.3, -0.25) is 10.2 Å². The average Bonchev–Trinajstić information content (AvgIpc) is 3.09. The molecule has 13 heteroatoms. The van der Waals surface area contributed by atoms with Gasteiger partial charge in [-0.05, 0) is 39.0 Å². The number of hydroxylamine groups is 2. The smallest absolute Gasteiger partial charge is 0.381 e. The minimum atomic E-state index is -2.77. The van der Waals surface area contributed by atoms with E-state index in [0.29, 0.717) is 28.4 Å². The van der Waals surface area contributed by atoms with Gasteiger partial charge in [0.15, 0.2) is 0 Å². The number of anilines is 1. The molecule has 0 saturated heterocycles. The van der Waals surface area contributed by atoms with Crippen molar-refractivity contribution < 1.29 is 18.8 Å². The molecule has 0 aliphatic carbocycles. The van der Waals surface area contributed by atoms with Crippen LogP contribution in [-0.2, 0) is 20.9 Å². The molecule has 1 aliphatic rings. The Bertz CT molecular complexity index is 1500. The number of aryl methyl sites for hydroxylation is 1. The van der Waals surface area contributed by atoms with Crippen LogP contribution in [0.4, 0.5) is 5.95 Å². The Morgan fingerprint density at radius 1 is 1.07 bits per heavy atom. The van der Waals surface area contributed by atoms with E-state index in [-0.39, 0.29) is 6.54 Å². The Labute approximate surface area is 244 Å². The van der Waals surface area contributed by atoms with Crippen molar-refractivity contribution in [3.05, 3.63) is 81.5 Å². The summed E-state index contributed by atoms with van der Waals surface area (Å²) in [4.78, 5) is 19.4. The van der Waals surface area contributed by atoms with Gasteiger partial charge in [-0.25, -0.2) is 15.0 Å². The minimum absolute atomic E-state index is 0.229. The summed E-state index contributed by atoms with van der Waals surface area (Å²) in [5.41, 5.74) is 2.38. The number of amidine groups is 1. The second kappa shape index (κ2) is 14.6. The quantitative estimate of drug-likeness (QED) is 0.375. The molecule has 4 rings (SSSR count). The standard InChI is InChI=1S/C16H14ClN3O.C11H20N3O3PS/c1-18-15-10-20(21)16(11-5-3-2-4-6-11)13-9-12(17)7-8-14(13)19-15;1-6-14(7-2)11-12-9(3)8-10(13-11)17-18(19,15-4)16-5/h2-9,21H,10H2,1H3;8H,6-7H2,1-5H3/b18-15-;. The lowest BCUT2D eigenvalue weighted by Crippen LogP contribution is -2.31. The molecule has 1 aliphatic heterocycles. The first-order valence-electron chi connectivity index (χ1n) is 12.5. The summed E-state index contributed by atoms with van der Waals surface area (Å²) in [6.45, 7) is 5.08. The maximum absolute atomic E-state index is 10.5. The van der Waals surface area contributed by atoms with Crippen LogP contribution in [0.25, 0.3) is 5.70 Å². The van der Waals surface area contributed by atoms with E-state index >= 15 is 0 Å². The van der Waals surface area contributed by atoms with Crippen molar-refractivity contribution in [1.82, 2.24) is 15.0 Å². The highest BCUT2D eigenvalue weighted by Crippen LogP contribution is 2.47. The van der Waals surface area contributed by atoms with Gasteiger partial charge in [-0.15, -0.1) is 0 Å². The number of hydrogen-bond donors (Lipinski definition) is 1. The maximum atomic E-state index is 10.5. The van der Waals surface area contributed by atoms with Gasteiger partial charge < -0.3 is 18.5 Å². The van der Waals surface area contributed by atoms with E-state index in [9.17, 15) is 5.21 Å². The third kappa shape index (κ3) is 8.06. The molecule has 0 amide bonds. The molecule has 10 nitrogen and oxygen atoms in total. The molecule has 3 aromatic rings. The number of aliphatic imine (C=N–C) groups is 1. The summed E-state index contributed by atoms with van der Waals surface area (Å²) in [6, 6.07) is 16.8. The normalized spacial score (nSPS) is 14.1. The van der Waals surface area contributed by atoms with E-state index in [2.05, 4.69) is 20.0 Å². The molecule has 2 aromatic carbocycles. The van der Waals surface area contributed by atoms with E-state index in [1.807, 2.05) is 68.1 Å². The van der Waals surface area contributed by atoms with Crippen molar-refractivity contribution in [2.45, 2.75) is 20.8 Å². The first-order chi connectivity index (χ1) is 19.2. The Morgan fingerprint density at radius 2 is 1.75 bits per heavy atom. The molecule has 1 aromatic heterocycles. The molecule has 40 heavy (non-hydrogen) atoms. The number of aromatic nitrogens is 2. The predicted octanol–water partition coefficient (Wildman–Crippen LogP) is 4.38. The molecule has 0 bridgehead atoms. The number of hydrogen-bond acceptors (Lipinski definition) is 10. The van der Waals surface area contributed by atoms with Gasteiger partial charge in [-0.2, -0.15) is 4.98 Å². The van der Waals surface area contributed by atoms with Crippen LogP contribution in [0.5, 0.6) is 5.88 Å². The molecule has 0 radical (unpaired) electrons. The Balaban J connectivity index is 0.000000222. The zero-order chi connectivity index (χ0) is 29.3. The van der Waals surface area contributed by atoms with Crippen molar-refractivity contribution >= 4 is 47.6 Å². The average molecular weight is 605 g/mol. The van der Waals surface area contributed by atoms with Crippen LogP contribution >= 0.6 is 18.3 Å². The van der Waals surface area contributed by atoms with Gasteiger partial charge >= 0.3 is 6.72 Å². The van der Waals surface area contributed by atoms with Crippen molar-refractivity contribution in [1.29, 1.82) is 0 Å². The lowest BCUT2D eigenvalue weighted by atomic mass is 10.1. The Kier molecular flexibility index (Phi) is 11.6. The highest BCUT2D eigenvalue weighted by atomic mass is 35.5. The number of rotatable bonds is 8. The van der Waals surface area contributed by atoms with E-state index in [4.69, 9.17) is 37.0 Å². The number of fused-ring (bicyclic) bond motifs is 1. The fraction of sp³-hybridized carbons (Fsp3) is 0.333. The third-order valence-corrected chi connectivity index (χ3v) is 8.49. The lowest BCUT2D eigenvalue weighted by molar-refractivity contribution is -0.0119. The number of nitrogens with zero attached hydrogens (tertiary/aromatic N) is 6. The van der Waals surface area contributed by atoms with Crippen molar-refractivity contribution in [3.8, 4) is 5.88 Å². The van der Waals surface area contributed by atoms with Crippen LogP contribution in [0.1, 0.15) is 25.1 Å². The Morgan fingerprint density at radius 3 is 2.35 bits per heavy atom. The largest absolute Gasteiger partial charge is 0.405 e. The predicted molar refractivity (Wildman–Crippen MR) is 162 cm³/mol. The van der Waals surface area contributed by atoms with Gasteiger partial charge in [0.05, 0.1) is 11.1 Å². The summed E-state index contributed by atoms with van der Waals surface area (Å²) in [7, 11) is 4.59. The van der Waals surface area contributed by atoms with Crippen LogP contribution in [0.15, 0.2) is 64.6 Å². The van der Waals surface area contributed by atoms with Crippen LogP contribution < -0.4 is 20.0 Å². The van der Waals surface area contributed by atoms with Gasteiger partial charge in [-0.1, -0.05) is 41.9 Å². The molecule has 0 atom stereocenters. The molecule has 1 N–H and O–H groups in total. The topological polar surface area (TPSA) is 105 Å². The molecule has 0 spiro atoms. The molecule has 0 saturated carbocycles. The van der Waals surface area contributed by atoms with Crippen molar-refractivity contribution in [3.63, 3.8) is 0 Å². The van der Waals surface area contributed by atoms with Crippen molar-refractivity contribution in [2.75, 3.05) is 45.8 Å². The molecule has 0 fully saturated rings. The monoisotopic (exact) mass is 604 g/mol. The van der Waals surface area contributed by atoms with Crippen molar-refractivity contribution in [2.24, 2.45) is 9.98 Å². The molecular formula is C27H34ClN6O4PS. The summed E-state index contributed by atoms with van der Waals surface area (Å²) >= 11 is 11.3. The highest BCUT2D eigenvalue weighted by Gasteiger charge is 2.21. The highest BCUT2D eigenvalue weighted by molar-refractivity contribution is 8.07. The summed E-state index contributed by atoms with van der Waals surface area (Å²) in [5.74, 6) is 1.56.